The molecule has 0 aromatic rings. The Morgan fingerprint density at radius 3 is 1.46 bits per heavy atom. The van der Waals surface area contributed by atoms with E-state index in [1.54, 1.807) is 0 Å². The lowest BCUT2D eigenvalue weighted by Gasteiger charge is -2.28. The van der Waals surface area contributed by atoms with E-state index in [2.05, 4.69) is 38.5 Å². The fourth-order valence-corrected chi connectivity index (χ4v) is 4.00. The van der Waals surface area contributed by atoms with Crippen molar-refractivity contribution >= 4 is 21.6 Å². The molecule has 0 nitrogen and oxygen atoms in total. The van der Waals surface area contributed by atoms with Gasteiger partial charge in [-0.25, -0.2) is 0 Å². The second-order valence-corrected chi connectivity index (χ2v) is 5.79. The Labute approximate surface area is 93.0 Å². The molecule has 0 aromatic carbocycles. The van der Waals surface area contributed by atoms with E-state index in [9.17, 15) is 0 Å². The second-order valence-electron chi connectivity index (χ2n) is 2.73. The fourth-order valence-electron chi connectivity index (χ4n) is 1.11. The second kappa shape index (κ2) is 10.8. The highest BCUT2D eigenvalue weighted by Gasteiger charge is 2.24. The van der Waals surface area contributed by atoms with Crippen LogP contribution in [0.4, 0.5) is 0 Å². The maximum atomic E-state index is 2.30. The number of rotatable bonds is 6. The minimum atomic E-state index is 0.556. The van der Waals surface area contributed by atoms with E-state index in [0.29, 0.717) is 4.75 Å². The van der Waals surface area contributed by atoms with Crippen LogP contribution in [-0.4, -0.2) is 10.5 Å². The third-order valence-corrected chi connectivity index (χ3v) is 5.98. The van der Waals surface area contributed by atoms with Crippen LogP contribution in [0.1, 0.15) is 60.8 Å². The average molecular weight is 222 g/mol. The molecule has 0 N–H and O–H groups in total. The van der Waals surface area contributed by atoms with Crippen LogP contribution in [0, 0.1) is 0 Å². The molecule has 0 aliphatic rings. The maximum absolute atomic E-state index is 2.30. The van der Waals surface area contributed by atoms with E-state index < -0.39 is 0 Å². The topological polar surface area (TPSA) is 0 Å². The molecule has 0 heterocycles. The summed E-state index contributed by atoms with van der Waals surface area (Å²) in [5.74, 6) is 1.23. The molecule has 0 spiro atoms. The molecular weight excluding hydrogens is 196 g/mol. The largest absolute Gasteiger partial charge is 0.0939 e. The van der Waals surface area contributed by atoms with Crippen LogP contribution in [0.5, 0.6) is 0 Å². The number of hydrogen-bond donors (Lipinski definition) is 0. The van der Waals surface area contributed by atoms with Crippen molar-refractivity contribution in [1.29, 1.82) is 0 Å². The Hall–Kier alpha value is 0.700. The molecule has 0 saturated heterocycles. The van der Waals surface area contributed by atoms with Gasteiger partial charge in [-0.3, -0.25) is 0 Å². The van der Waals surface area contributed by atoms with Crippen molar-refractivity contribution in [3.05, 3.63) is 0 Å². The van der Waals surface area contributed by atoms with Crippen LogP contribution in [-0.2, 0) is 0 Å². The third-order valence-electron chi connectivity index (χ3n) is 2.29. The van der Waals surface area contributed by atoms with Crippen LogP contribution in [0.3, 0.4) is 0 Å². The molecule has 0 aliphatic heterocycles. The molecule has 0 saturated carbocycles. The first kappa shape index (κ1) is 16.1. The molecular formula is C11H26S2. The van der Waals surface area contributed by atoms with Gasteiger partial charge in [-0.15, -0.1) is 0 Å². The summed E-state index contributed by atoms with van der Waals surface area (Å²) in [6.45, 7) is 13.1. The van der Waals surface area contributed by atoms with E-state index in [1.807, 2.05) is 24.6 Å². The monoisotopic (exact) mass is 222 g/mol. The van der Waals surface area contributed by atoms with Gasteiger partial charge in [-0.05, 0) is 19.3 Å². The third kappa shape index (κ3) is 6.73. The molecule has 0 rings (SSSR count). The van der Waals surface area contributed by atoms with E-state index in [4.69, 9.17) is 0 Å². The standard InChI is InChI=1S/C9H20S2.C2H6/c1-5-9(6-2,7-3)11-10-8-4;1-2/h5-8H2,1-4H3;1-2H3. The van der Waals surface area contributed by atoms with Crippen molar-refractivity contribution in [3.8, 4) is 0 Å². The van der Waals surface area contributed by atoms with Gasteiger partial charge in [0.2, 0.25) is 0 Å². The molecule has 13 heavy (non-hydrogen) atoms. The predicted molar refractivity (Wildman–Crippen MR) is 70.7 cm³/mol. The van der Waals surface area contributed by atoms with Gasteiger partial charge >= 0.3 is 0 Å². The van der Waals surface area contributed by atoms with Gasteiger partial charge in [0, 0.05) is 10.5 Å². The number of hydrogen-bond acceptors (Lipinski definition) is 2. The van der Waals surface area contributed by atoms with Crippen LogP contribution in [0.2, 0.25) is 0 Å². The molecule has 2 heteroatoms. The molecule has 0 aliphatic carbocycles. The van der Waals surface area contributed by atoms with Gasteiger partial charge in [-0.1, -0.05) is 63.1 Å². The van der Waals surface area contributed by atoms with Crippen molar-refractivity contribution in [2.75, 3.05) is 5.75 Å². The highest BCUT2D eigenvalue weighted by Crippen LogP contribution is 2.42. The smallest absolute Gasteiger partial charge is 0.0255 e. The van der Waals surface area contributed by atoms with Gasteiger partial charge in [0.05, 0.1) is 0 Å². The van der Waals surface area contributed by atoms with Crippen LogP contribution in [0.15, 0.2) is 0 Å². The molecule has 0 radical (unpaired) electrons. The zero-order valence-electron chi connectivity index (χ0n) is 10.1. The van der Waals surface area contributed by atoms with E-state index in [1.165, 1.54) is 25.0 Å². The Kier molecular flexibility index (Phi) is 13.4. The van der Waals surface area contributed by atoms with Crippen LogP contribution < -0.4 is 0 Å². The predicted octanol–water partition coefficient (Wildman–Crippen LogP) is 5.38. The van der Waals surface area contributed by atoms with E-state index >= 15 is 0 Å². The van der Waals surface area contributed by atoms with E-state index in [0.717, 1.165) is 0 Å². The molecule has 0 atom stereocenters. The Balaban J connectivity index is 0. The van der Waals surface area contributed by atoms with Gasteiger partial charge in [0.15, 0.2) is 0 Å². The van der Waals surface area contributed by atoms with Crippen LogP contribution >= 0.6 is 21.6 Å². The SMILES string of the molecule is CC.CCSSC(CC)(CC)CC. The Bertz CT molecular complexity index is 79.8. The summed E-state index contributed by atoms with van der Waals surface area (Å²) in [7, 11) is 4.09. The van der Waals surface area contributed by atoms with E-state index in [-0.39, 0.29) is 0 Å². The van der Waals surface area contributed by atoms with Crippen molar-refractivity contribution in [1.82, 2.24) is 0 Å². The lowest BCUT2D eigenvalue weighted by Crippen LogP contribution is -2.19. The van der Waals surface area contributed by atoms with Crippen molar-refractivity contribution in [3.63, 3.8) is 0 Å². The molecule has 0 unspecified atom stereocenters. The summed E-state index contributed by atoms with van der Waals surface area (Å²) in [5, 5.41) is 0. The first-order valence-corrected chi connectivity index (χ1v) is 7.87. The summed E-state index contributed by atoms with van der Waals surface area (Å²) >= 11 is 0. The fraction of sp³-hybridized carbons (Fsp3) is 1.00. The highest BCUT2D eigenvalue weighted by atomic mass is 33.1. The summed E-state index contributed by atoms with van der Waals surface area (Å²) in [6.07, 6.45) is 3.91. The lowest BCUT2D eigenvalue weighted by molar-refractivity contribution is 0.535. The van der Waals surface area contributed by atoms with Gasteiger partial charge in [0.1, 0.15) is 0 Å². The zero-order chi connectivity index (χ0) is 10.7. The molecule has 0 amide bonds. The minimum absolute atomic E-state index is 0.556. The summed E-state index contributed by atoms with van der Waals surface area (Å²) in [4.78, 5) is 0. The first-order chi connectivity index (χ1) is 6.24. The van der Waals surface area contributed by atoms with Crippen molar-refractivity contribution in [2.45, 2.75) is 65.6 Å². The molecule has 82 valence electrons. The summed E-state index contributed by atoms with van der Waals surface area (Å²) < 4.78 is 0.556. The maximum Gasteiger partial charge on any atom is 0.0255 e. The molecule has 0 aromatic heterocycles. The molecule has 0 bridgehead atoms. The lowest BCUT2D eigenvalue weighted by atomic mass is 9.99. The summed E-state index contributed by atoms with van der Waals surface area (Å²) in [5.41, 5.74) is 0. The quantitative estimate of drug-likeness (QED) is 0.553. The minimum Gasteiger partial charge on any atom is -0.0939 e. The average Bonchev–Trinajstić information content (AvgIpc) is 2.24. The van der Waals surface area contributed by atoms with Crippen molar-refractivity contribution in [2.24, 2.45) is 0 Å². The Morgan fingerprint density at radius 1 is 0.846 bits per heavy atom. The first-order valence-electron chi connectivity index (χ1n) is 5.55. The van der Waals surface area contributed by atoms with Crippen LogP contribution in [0.25, 0.3) is 0 Å². The van der Waals surface area contributed by atoms with Gasteiger partial charge < -0.3 is 0 Å². The molecule has 0 fully saturated rings. The van der Waals surface area contributed by atoms with Gasteiger partial charge in [-0.2, -0.15) is 0 Å². The summed E-state index contributed by atoms with van der Waals surface area (Å²) in [6, 6.07) is 0. The normalized spacial score (nSPS) is 10.6. The Morgan fingerprint density at radius 2 is 1.23 bits per heavy atom. The van der Waals surface area contributed by atoms with Crippen molar-refractivity contribution < 1.29 is 0 Å². The highest BCUT2D eigenvalue weighted by molar-refractivity contribution is 8.77. The zero-order valence-corrected chi connectivity index (χ0v) is 11.8. The van der Waals surface area contributed by atoms with Gasteiger partial charge in [0.25, 0.3) is 0 Å².